The number of hydrazine groups is 1. The van der Waals surface area contributed by atoms with E-state index in [1.165, 1.54) is 0 Å². The minimum Gasteiger partial charge on any atom is -0.483 e. The maximum Gasteiger partial charge on any atom is 0.442 e. The Labute approximate surface area is 131 Å². The van der Waals surface area contributed by atoms with Crippen molar-refractivity contribution in [3.63, 3.8) is 0 Å². The van der Waals surface area contributed by atoms with E-state index in [0.29, 0.717) is 11.8 Å². The first-order chi connectivity index (χ1) is 10.6. The van der Waals surface area contributed by atoms with Gasteiger partial charge in [0.2, 0.25) is 0 Å². The van der Waals surface area contributed by atoms with Crippen LogP contribution in [0.1, 0.15) is 16.7 Å². The number of nitrogens with zero attached hydrogens (tertiary/aromatic N) is 1. The van der Waals surface area contributed by atoms with Crippen LogP contribution in [0.3, 0.4) is 0 Å². The normalized spacial score (nSPS) is 20.6. The van der Waals surface area contributed by atoms with Gasteiger partial charge in [0.1, 0.15) is 5.75 Å². The zero-order valence-electron chi connectivity index (χ0n) is 12.9. The number of benzene rings is 1. The van der Waals surface area contributed by atoms with Crippen molar-refractivity contribution in [1.82, 2.24) is 10.4 Å². The van der Waals surface area contributed by atoms with Crippen molar-refractivity contribution in [1.29, 1.82) is 0 Å². The highest BCUT2D eigenvalue weighted by atomic mass is 19.4. The molecule has 1 heterocycles. The van der Waals surface area contributed by atoms with Gasteiger partial charge in [-0.15, -0.1) is 0 Å². The third-order valence-electron chi connectivity index (χ3n) is 3.47. The van der Waals surface area contributed by atoms with Crippen LogP contribution in [0.5, 0.6) is 5.75 Å². The van der Waals surface area contributed by atoms with E-state index >= 15 is 0 Å². The number of rotatable bonds is 3. The lowest BCUT2D eigenvalue weighted by Crippen LogP contribution is -2.61. The molecule has 0 radical (unpaired) electrons. The third kappa shape index (κ3) is 3.12. The zero-order valence-corrected chi connectivity index (χ0v) is 12.9. The molecule has 8 heteroatoms. The average Bonchev–Trinajstić information content (AvgIpc) is 2.80. The molecule has 1 aliphatic rings. The van der Waals surface area contributed by atoms with Crippen LogP contribution < -0.4 is 10.2 Å². The SMILES string of the molecule is Cc1cc(C)c(OCC(=O)N2NC=C[C@@]2(O)C(F)(F)F)c(C)c1. The standard InChI is InChI=1S/C15H17F3N2O3/c1-9-6-10(2)13(11(3)7-9)23-8-12(21)20-14(22,4-5-19-20)15(16,17)18/h4-7,19,22H,8H2,1-3H3/t14-/m1/s1. The monoisotopic (exact) mass is 330 g/mol. The van der Waals surface area contributed by atoms with Crippen LogP contribution in [0.2, 0.25) is 0 Å². The number of alkyl halides is 3. The maximum atomic E-state index is 12.9. The Balaban J connectivity index is 2.12. The first kappa shape index (κ1) is 17.1. The molecule has 23 heavy (non-hydrogen) atoms. The fourth-order valence-corrected chi connectivity index (χ4v) is 2.48. The number of nitrogens with one attached hydrogen (secondary N) is 1. The summed E-state index contributed by atoms with van der Waals surface area (Å²) < 4.78 is 44.1. The summed E-state index contributed by atoms with van der Waals surface area (Å²) in [6.45, 7) is 4.82. The van der Waals surface area contributed by atoms with Crippen molar-refractivity contribution in [2.45, 2.75) is 32.7 Å². The molecule has 126 valence electrons. The largest absolute Gasteiger partial charge is 0.483 e. The average molecular weight is 330 g/mol. The fraction of sp³-hybridized carbons (Fsp3) is 0.400. The van der Waals surface area contributed by atoms with Gasteiger partial charge in [0, 0.05) is 6.20 Å². The Kier molecular flexibility index (Phi) is 4.30. The Hall–Kier alpha value is -2.22. The summed E-state index contributed by atoms with van der Waals surface area (Å²) in [5, 5.41) is 9.78. The lowest BCUT2D eigenvalue weighted by Gasteiger charge is -2.33. The lowest BCUT2D eigenvalue weighted by molar-refractivity contribution is -0.289. The number of aryl methyl sites for hydroxylation is 3. The minimum atomic E-state index is -5.03. The Bertz CT molecular complexity index is 635. The van der Waals surface area contributed by atoms with Gasteiger partial charge in [0.25, 0.3) is 11.6 Å². The number of carbonyl (C=O) groups is 1. The third-order valence-corrected chi connectivity index (χ3v) is 3.47. The van der Waals surface area contributed by atoms with Crippen molar-refractivity contribution in [2.75, 3.05) is 6.61 Å². The summed E-state index contributed by atoms with van der Waals surface area (Å²) in [6.07, 6.45) is -3.71. The van der Waals surface area contributed by atoms with Crippen LogP contribution in [0.25, 0.3) is 0 Å². The molecule has 0 aliphatic carbocycles. The van der Waals surface area contributed by atoms with Gasteiger partial charge >= 0.3 is 6.18 Å². The van der Waals surface area contributed by atoms with E-state index in [0.717, 1.165) is 22.9 Å². The topological polar surface area (TPSA) is 61.8 Å². The summed E-state index contributed by atoms with van der Waals surface area (Å²) in [4.78, 5) is 12.0. The molecule has 2 N–H and O–H groups in total. The Morgan fingerprint density at radius 3 is 2.39 bits per heavy atom. The maximum absolute atomic E-state index is 12.9. The number of carbonyl (C=O) groups excluding carboxylic acids is 1. The first-order valence-corrected chi connectivity index (χ1v) is 6.83. The second-order valence-electron chi connectivity index (χ2n) is 5.43. The summed E-state index contributed by atoms with van der Waals surface area (Å²) in [7, 11) is 0. The van der Waals surface area contributed by atoms with Gasteiger partial charge in [-0.2, -0.15) is 13.2 Å². The van der Waals surface area contributed by atoms with Crippen LogP contribution >= 0.6 is 0 Å². The molecule has 0 unspecified atom stereocenters. The van der Waals surface area contributed by atoms with E-state index in [1.807, 2.05) is 19.1 Å². The predicted molar refractivity (Wildman–Crippen MR) is 76.3 cm³/mol. The molecule has 0 fully saturated rings. The van der Waals surface area contributed by atoms with Crippen molar-refractivity contribution >= 4 is 5.91 Å². The predicted octanol–water partition coefficient (Wildman–Crippen LogP) is 2.10. The van der Waals surface area contributed by atoms with Crippen molar-refractivity contribution in [2.24, 2.45) is 0 Å². The second-order valence-corrected chi connectivity index (χ2v) is 5.43. The van der Waals surface area contributed by atoms with Gasteiger partial charge in [0.05, 0.1) is 0 Å². The van der Waals surface area contributed by atoms with Gasteiger partial charge in [-0.25, -0.2) is 5.01 Å². The Morgan fingerprint density at radius 2 is 1.87 bits per heavy atom. The van der Waals surface area contributed by atoms with Gasteiger partial charge in [0.15, 0.2) is 6.61 Å². The van der Waals surface area contributed by atoms with Gasteiger partial charge in [-0.1, -0.05) is 17.7 Å². The van der Waals surface area contributed by atoms with E-state index in [2.05, 4.69) is 5.43 Å². The van der Waals surface area contributed by atoms with E-state index in [9.17, 15) is 23.1 Å². The van der Waals surface area contributed by atoms with Crippen LogP contribution in [0, 0.1) is 20.8 Å². The number of aliphatic hydroxyl groups is 1. The molecule has 1 aromatic rings. The summed E-state index contributed by atoms with van der Waals surface area (Å²) in [5.74, 6) is -0.610. The zero-order chi connectivity index (χ0) is 17.4. The van der Waals surface area contributed by atoms with Crippen LogP contribution in [-0.2, 0) is 4.79 Å². The highest BCUT2D eigenvalue weighted by molar-refractivity contribution is 5.79. The molecular formula is C15H17F3N2O3. The molecule has 1 atom stereocenters. The van der Waals surface area contributed by atoms with E-state index in [1.54, 1.807) is 13.8 Å². The molecule has 2 rings (SSSR count). The molecule has 0 saturated carbocycles. The second kappa shape index (κ2) is 5.77. The number of ether oxygens (including phenoxy) is 1. The quantitative estimate of drug-likeness (QED) is 0.891. The minimum absolute atomic E-state index is 0.103. The van der Waals surface area contributed by atoms with Gasteiger partial charge in [-0.05, 0) is 38.0 Å². The molecule has 5 nitrogen and oxygen atoms in total. The van der Waals surface area contributed by atoms with E-state index < -0.39 is 24.4 Å². The molecule has 1 aromatic carbocycles. The summed E-state index contributed by atoms with van der Waals surface area (Å²) in [5.41, 5.74) is 1.25. The molecule has 1 aliphatic heterocycles. The highest BCUT2D eigenvalue weighted by Gasteiger charge is 2.60. The summed E-state index contributed by atoms with van der Waals surface area (Å²) in [6, 6.07) is 3.68. The van der Waals surface area contributed by atoms with Crippen molar-refractivity contribution in [3.05, 3.63) is 41.1 Å². The van der Waals surface area contributed by atoms with Crippen LogP contribution in [0.4, 0.5) is 13.2 Å². The van der Waals surface area contributed by atoms with Crippen LogP contribution in [0.15, 0.2) is 24.4 Å². The first-order valence-electron chi connectivity index (χ1n) is 6.83. The van der Waals surface area contributed by atoms with E-state index in [-0.39, 0.29) is 5.01 Å². The molecule has 0 bridgehead atoms. The number of halogens is 3. The van der Waals surface area contributed by atoms with Crippen molar-refractivity contribution in [3.8, 4) is 5.75 Å². The molecule has 1 amide bonds. The summed E-state index contributed by atoms with van der Waals surface area (Å²) >= 11 is 0. The molecule has 0 aromatic heterocycles. The number of hydrogen-bond donors (Lipinski definition) is 2. The highest BCUT2D eigenvalue weighted by Crippen LogP contribution is 2.36. The van der Waals surface area contributed by atoms with Gasteiger partial charge in [-0.3, -0.25) is 4.79 Å². The Morgan fingerprint density at radius 1 is 1.30 bits per heavy atom. The fourth-order valence-electron chi connectivity index (χ4n) is 2.48. The van der Waals surface area contributed by atoms with Crippen molar-refractivity contribution < 1.29 is 27.8 Å². The number of amides is 1. The molecular weight excluding hydrogens is 313 g/mol. The molecule has 0 spiro atoms. The van der Waals surface area contributed by atoms with Gasteiger partial charge < -0.3 is 15.3 Å². The lowest BCUT2D eigenvalue weighted by atomic mass is 10.1. The smallest absolute Gasteiger partial charge is 0.442 e. The molecule has 0 saturated heterocycles. The van der Waals surface area contributed by atoms with E-state index in [4.69, 9.17) is 4.74 Å². The van der Waals surface area contributed by atoms with Crippen LogP contribution in [-0.4, -0.2) is 34.5 Å². The number of hydrogen-bond acceptors (Lipinski definition) is 4.